The third-order valence-electron chi connectivity index (χ3n) is 4.24. The molecular weight excluding hydrogens is 556 g/mol. The van der Waals surface area contributed by atoms with E-state index in [4.69, 9.17) is 44.3 Å². The Balaban J connectivity index is 1.84. The van der Waals surface area contributed by atoms with Gasteiger partial charge in [0, 0.05) is 26.8 Å². The molecule has 0 aromatic heterocycles. The van der Waals surface area contributed by atoms with E-state index < -0.39 is 0 Å². The van der Waals surface area contributed by atoms with Gasteiger partial charge < -0.3 is 9.47 Å². The van der Waals surface area contributed by atoms with Gasteiger partial charge in [-0.2, -0.15) is 0 Å². The minimum atomic E-state index is 0.307. The van der Waals surface area contributed by atoms with Crippen LogP contribution in [-0.2, 0) is 6.61 Å². The zero-order valence-electron chi connectivity index (χ0n) is 16.4. The first-order valence-electron chi connectivity index (χ1n) is 9.20. The predicted molar refractivity (Wildman–Crippen MR) is 135 cm³/mol. The smallest absolute Gasteiger partial charge is 0.175 e. The Hall–Kier alpha value is -1.47. The summed E-state index contributed by atoms with van der Waals surface area (Å²) in [5.41, 5.74) is 3.56. The third-order valence-corrected chi connectivity index (χ3v) is 6.03. The fraction of sp³-hybridized carbons (Fsp3) is 0.174. The van der Waals surface area contributed by atoms with E-state index >= 15 is 0 Å². The molecule has 3 nitrogen and oxygen atoms in total. The number of nitrogens with zero attached hydrogens (tertiary/aromatic N) is 1. The first-order chi connectivity index (χ1) is 14.4. The van der Waals surface area contributed by atoms with Crippen molar-refractivity contribution < 1.29 is 9.47 Å². The van der Waals surface area contributed by atoms with Crippen molar-refractivity contribution in [2.45, 2.75) is 20.5 Å². The number of halogens is 4. The quantitative estimate of drug-likeness (QED) is 0.210. The van der Waals surface area contributed by atoms with Crippen molar-refractivity contribution in [2.75, 3.05) is 6.61 Å². The van der Waals surface area contributed by atoms with E-state index in [1.807, 2.05) is 50.2 Å². The highest BCUT2D eigenvalue weighted by Gasteiger charge is 2.13. The van der Waals surface area contributed by atoms with Crippen molar-refractivity contribution in [2.24, 2.45) is 4.99 Å². The molecule has 0 saturated heterocycles. The van der Waals surface area contributed by atoms with Crippen LogP contribution in [0, 0.1) is 10.5 Å². The van der Waals surface area contributed by atoms with Gasteiger partial charge in [-0.3, -0.25) is 4.99 Å². The zero-order valence-corrected chi connectivity index (χ0v) is 20.8. The van der Waals surface area contributed by atoms with Gasteiger partial charge in [-0.1, -0.05) is 46.9 Å². The third kappa shape index (κ3) is 6.03. The molecule has 0 amide bonds. The van der Waals surface area contributed by atoms with Crippen LogP contribution in [0.5, 0.6) is 11.5 Å². The van der Waals surface area contributed by atoms with Crippen molar-refractivity contribution in [3.8, 4) is 11.5 Å². The van der Waals surface area contributed by atoms with Gasteiger partial charge in [-0.15, -0.1) is 0 Å². The molecular formula is C23H19Cl3INO2. The molecule has 0 heterocycles. The van der Waals surface area contributed by atoms with Crippen molar-refractivity contribution in [3.63, 3.8) is 0 Å². The molecule has 0 aliphatic carbocycles. The van der Waals surface area contributed by atoms with E-state index in [0.29, 0.717) is 39.8 Å². The van der Waals surface area contributed by atoms with Crippen LogP contribution in [0.4, 0.5) is 5.69 Å². The molecule has 0 atom stereocenters. The minimum absolute atomic E-state index is 0.307. The predicted octanol–water partition coefficient (Wildman–Crippen LogP) is 8.29. The van der Waals surface area contributed by atoms with E-state index in [0.717, 1.165) is 25.9 Å². The van der Waals surface area contributed by atoms with Crippen molar-refractivity contribution >= 4 is 69.3 Å². The van der Waals surface area contributed by atoms with E-state index in [1.165, 1.54) is 0 Å². The van der Waals surface area contributed by atoms with Gasteiger partial charge >= 0.3 is 0 Å². The fourth-order valence-corrected chi connectivity index (χ4v) is 4.08. The van der Waals surface area contributed by atoms with Gasteiger partial charge in [0.2, 0.25) is 0 Å². The maximum Gasteiger partial charge on any atom is 0.175 e. The van der Waals surface area contributed by atoms with Crippen molar-refractivity contribution in [1.82, 2.24) is 0 Å². The van der Waals surface area contributed by atoms with E-state index in [-0.39, 0.29) is 0 Å². The Labute approximate surface area is 205 Å². The normalized spacial score (nSPS) is 11.1. The van der Waals surface area contributed by atoms with Crippen LogP contribution in [0.2, 0.25) is 15.1 Å². The van der Waals surface area contributed by atoms with Crippen LogP contribution < -0.4 is 9.47 Å². The first kappa shape index (κ1) is 23.2. The summed E-state index contributed by atoms with van der Waals surface area (Å²) in [5.74, 6) is 1.32. The van der Waals surface area contributed by atoms with E-state index in [9.17, 15) is 0 Å². The summed E-state index contributed by atoms with van der Waals surface area (Å²) in [6.45, 7) is 4.72. The Kier molecular flexibility index (Phi) is 8.28. The van der Waals surface area contributed by atoms with Gasteiger partial charge in [0.15, 0.2) is 11.5 Å². The summed E-state index contributed by atoms with van der Waals surface area (Å²) in [6, 6.07) is 15.0. The summed E-state index contributed by atoms with van der Waals surface area (Å²) in [5, 5.41) is 1.85. The summed E-state index contributed by atoms with van der Waals surface area (Å²) in [6.07, 6.45) is 1.78. The van der Waals surface area contributed by atoms with Gasteiger partial charge in [0.25, 0.3) is 0 Å². The Morgan fingerprint density at radius 1 is 0.967 bits per heavy atom. The Morgan fingerprint density at radius 2 is 1.77 bits per heavy atom. The molecule has 0 bridgehead atoms. The van der Waals surface area contributed by atoms with Crippen LogP contribution in [0.25, 0.3) is 0 Å². The lowest BCUT2D eigenvalue weighted by molar-refractivity contribution is 0.267. The average molecular weight is 575 g/mol. The van der Waals surface area contributed by atoms with Crippen molar-refractivity contribution in [1.29, 1.82) is 0 Å². The van der Waals surface area contributed by atoms with Gasteiger partial charge in [-0.05, 0) is 84.0 Å². The molecule has 3 aromatic rings. The second-order valence-electron chi connectivity index (χ2n) is 6.48. The van der Waals surface area contributed by atoms with Crippen LogP contribution >= 0.6 is 57.4 Å². The van der Waals surface area contributed by atoms with Crippen LogP contribution in [-0.4, -0.2) is 12.8 Å². The van der Waals surface area contributed by atoms with Gasteiger partial charge in [-0.25, -0.2) is 0 Å². The highest BCUT2D eigenvalue weighted by atomic mass is 127. The lowest BCUT2D eigenvalue weighted by Crippen LogP contribution is -2.03. The molecule has 3 aromatic carbocycles. The zero-order chi connectivity index (χ0) is 21.7. The average Bonchev–Trinajstić information content (AvgIpc) is 2.70. The molecule has 0 spiro atoms. The maximum atomic E-state index is 6.26. The summed E-state index contributed by atoms with van der Waals surface area (Å²) >= 11 is 20.6. The molecule has 156 valence electrons. The standard InChI is InChI=1S/C23H19Cl3INO2/c1-3-29-22-9-15(12-28-18-7-4-14(2)19(25)11-18)8-21(27)23(22)30-13-16-5-6-17(24)10-20(16)26/h4-12H,3,13H2,1-2H3. The molecule has 0 fully saturated rings. The molecule has 0 unspecified atom stereocenters. The monoisotopic (exact) mass is 573 g/mol. The number of hydrogen-bond donors (Lipinski definition) is 0. The summed E-state index contributed by atoms with van der Waals surface area (Å²) in [7, 11) is 0. The Bertz CT molecular complexity index is 1090. The molecule has 0 aliphatic rings. The number of aliphatic imine (C=N–C) groups is 1. The first-order valence-corrected chi connectivity index (χ1v) is 11.4. The van der Waals surface area contributed by atoms with Gasteiger partial charge in [0.1, 0.15) is 6.61 Å². The van der Waals surface area contributed by atoms with Crippen LogP contribution in [0.15, 0.2) is 53.5 Å². The number of benzene rings is 3. The largest absolute Gasteiger partial charge is 0.490 e. The molecule has 0 N–H and O–H groups in total. The molecule has 0 saturated carbocycles. The molecule has 7 heteroatoms. The lowest BCUT2D eigenvalue weighted by Gasteiger charge is -2.15. The summed E-state index contributed by atoms with van der Waals surface area (Å²) in [4.78, 5) is 4.52. The second kappa shape index (κ2) is 10.7. The Morgan fingerprint density at radius 3 is 2.47 bits per heavy atom. The molecule has 0 aliphatic heterocycles. The SMILES string of the molecule is CCOc1cc(C=Nc2ccc(C)c(Cl)c2)cc(I)c1OCc1ccc(Cl)cc1Cl. The highest BCUT2D eigenvalue weighted by molar-refractivity contribution is 14.1. The second-order valence-corrected chi connectivity index (χ2v) is 8.89. The van der Waals surface area contributed by atoms with Gasteiger partial charge in [0.05, 0.1) is 15.9 Å². The molecule has 3 rings (SSSR count). The van der Waals surface area contributed by atoms with Crippen LogP contribution in [0.3, 0.4) is 0 Å². The summed E-state index contributed by atoms with van der Waals surface area (Å²) < 4.78 is 12.8. The van der Waals surface area contributed by atoms with E-state index in [2.05, 4.69) is 27.6 Å². The fourth-order valence-electron chi connectivity index (χ4n) is 2.67. The van der Waals surface area contributed by atoms with Crippen molar-refractivity contribution in [3.05, 3.63) is 83.9 Å². The topological polar surface area (TPSA) is 30.8 Å². The maximum absolute atomic E-state index is 6.26. The minimum Gasteiger partial charge on any atom is -0.490 e. The highest BCUT2D eigenvalue weighted by Crippen LogP contribution is 2.35. The molecule has 30 heavy (non-hydrogen) atoms. The van der Waals surface area contributed by atoms with Crippen LogP contribution in [0.1, 0.15) is 23.6 Å². The number of hydrogen-bond acceptors (Lipinski definition) is 3. The number of rotatable bonds is 7. The molecule has 0 radical (unpaired) electrons. The number of aryl methyl sites for hydroxylation is 1. The number of ether oxygens (including phenoxy) is 2. The lowest BCUT2D eigenvalue weighted by atomic mass is 10.2. The van der Waals surface area contributed by atoms with E-state index in [1.54, 1.807) is 18.3 Å².